The maximum absolute atomic E-state index is 5.00. The van der Waals surface area contributed by atoms with Crippen LogP contribution in [0.2, 0.25) is 0 Å². The Balaban J connectivity index is 0.00000729. The molecular formula is C69H79N4Pt-3. The summed E-state index contributed by atoms with van der Waals surface area (Å²) in [4.78, 5) is 9.99. The Morgan fingerprint density at radius 3 is 1.47 bits per heavy atom. The fourth-order valence-corrected chi connectivity index (χ4v) is 10.9. The number of fused-ring (bicyclic) bond motifs is 3. The molecule has 1 aliphatic heterocycles. The largest absolute Gasteiger partial charge is 0.497 e. The van der Waals surface area contributed by atoms with Crippen molar-refractivity contribution in [3.63, 3.8) is 0 Å². The van der Waals surface area contributed by atoms with Crippen LogP contribution in [0.4, 0.5) is 11.4 Å². The normalized spacial score (nSPS) is 14.4. The molecule has 0 bridgehead atoms. The third kappa shape index (κ3) is 9.98. The summed E-state index contributed by atoms with van der Waals surface area (Å²) in [6, 6.07) is 60.0. The van der Waals surface area contributed by atoms with Gasteiger partial charge in [-0.3, -0.25) is 0 Å². The second-order valence-electron chi connectivity index (χ2n) is 26.5. The van der Waals surface area contributed by atoms with Gasteiger partial charge >= 0.3 is 0 Å². The number of rotatable bonds is 9. The van der Waals surface area contributed by atoms with Crippen molar-refractivity contribution in [1.82, 2.24) is 9.55 Å². The molecule has 3 heterocycles. The second-order valence-corrected chi connectivity index (χ2v) is 26.5. The molecular weight excluding hydrogens is 1080 g/mol. The molecule has 0 saturated carbocycles. The molecule has 2 aromatic heterocycles. The molecule has 0 N–H and O–H groups in total. The molecule has 0 spiro atoms. The van der Waals surface area contributed by atoms with Crippen molar-refractivity contribution in [3.05, 3.63) is 220 Å². The minimum atomic E-state index is -0.487. The van der Waals surface area contributed by atoms with E-state index in [4.69, 9.17) is 4.98 Å². The third-order valence-electron chi connectivity index (χ3n) is 15.7. The van der Waals surface area contributed by atoms with Gasteiger partial charge in [0.05, 0.1) is 0 Å². The molecule has 1 aliphatic rings. The maximum atomic E-state index is 5.00. The summed E-state index contributed by atoms with van der Waals surface area (Å²) in [7, 11) is 0. The minimum Gasteiger partial charge on any atom is -0.497 e. The van der Waals surface area contributed by atoms with E-state index < -0.39 is 5.41 Å². The quantitative estimate of drug-likeness (QED) is 0.135. The molecule has 0 aliphatic carbocycles. The molecule has 0 atom stereocenters. The van der Waals surface area contributed by atoms with Crippen LogP contribution in [0, 0.1) is 29.6 Å². The summed E-state index contributed by atoms with van der Waals surface area (Å²) in [5.41, 5.74) is 15.1. The van der Waals surface area contributed by atoms with E-state index >= 15 is 0 Å². The van der Waals surface area contributed by atoms with E-state index in [0.717, 1.165) is 39.4 Å². The number of nitrogens with zero attached hydrogens (tertiary/aromatic N) is 4. The molecule has 74 heavy (non-hydrogen) atoms. The van der Waals surface area contributed by atoms with E-state index in [1.165, 1.54) is 55.5 Å². The Morgan fingerprint density at radius 1 is 0.405 bits per heavy atom. The minimum absolute atomic E-state index is 0. The molecule has 388 valence electrons. The van der Waals surface area contributed by atoms with E-state index in [9.17, 15) is 0 Å². The smallest absolute Gasteiger partial charge is 0.135 e. The number of pyridine rings is 1. The standard InChI is InChI=1S/C69H79N4.Pt/c1-63(2,3)48-35-36-70-60(44-48)73-58-32-26-25-31-56(58)57-34-33-49(43-59(57)73)69(17,18)51-37-50(64(4,5)6)39-54(40-51)71-45-72(62(66(10,11)12)61(71)65(7,8)9)55-41-52(67(13,14)46-27-21-19-22-28-46)38-53(42-55)68(15,16)47-29-23-20-24-30-47;/h19-39,41-42,44-45H,1-18H3;/q-3;. The van der Waals surface area contributed by atoms with Gasteiger partial charge in [0.2, 0.25) is 0 Å². The Hall–Kier alpha value is -5.70. The third-order valence-corrected chi connectivity index (χ3v) is 15.7. The van der Waals surface area contributed by atoms with Gasteiger partial charge in [-0.1, -0.05) is 215 Å². The molecule has 0 radical (unpaired) electrons. The summed E-state index contributed by atoms with van der Waals surface area (Å²) >= 11 is 0. The van der Waals surface area contributed by atoms with E-state index in [2.05, 4.69) is 297 Å². The van der Waals surface area contributed by atoms with Crippen molar-refractivity contribution >= 4 is 33.2 Å². The van der Waals surface area contributed by atoms with Gasteiger partial charge in [0, 0.05) is 71.5 Å². The Labute approximate surface area is 459 Å². The number of para-hydroxylation sites is 1. The number of aromatic nitrogens is 2. The monoisotopic (exact) mass is 1160 g/mol. The molecule has 0 unspecified atom stereocenters. The van der Waals surface area contributed by atoms with Gasteiger partial charge in [-0.05, 0) is 79.8 Å². The molecule has 0 amide bonds. The molecule has 9 rings (SSSR count). The topological polar surface area (TPSA) is 24.3 Å². The van der Waals surface area contributed by atoms with E-state index in [0.29, 0.717) is 0 Å². The molecule has 5 heteroatoms. The summed E-state index contributed by atoms with van der Waals surface area (Å²) < 4.78 is 2.31. The summed E-state index contributed by atoms with van der Waals surface area (Å²) in [5, 5.41) is 2.36. The first-order chi connectivity index (χ1) is 34.0. The Kier molecular flexibility index (Phi) is 14.1. The number of hydrogen-bond donors (Lipinski definition) is 0. The SMILES string of the molecule is CC(C)(C)C1=C(C(C)(C)C)N(c2cc(C(C)(C)c3ccccc3)cc(C(C)(C)c3ccccc3)c2)[CH-]N1c1[c-]c(C(C)(C)c2[c-]c3c(cc2)c2ccccc2n3-c2cc(C(C)(C)C)ccn2)cc(C(C)(C)C)c1.[Pt]. The molecule has 0 saturated heterocycles. The first-order valence-electron chi connectivity index (χ1n) is 26.5. The van der Waals surface area contributed by atoms with Crippen LogP contribution in [0.5, 0.6) is 0 Å². The van der Waals surface area contributed by atoms with Crippen molar-refractivity contribution in [2.75, 3.05) is 9.80 Å². The van der Waals surface area contributed by atoms with Crippen LogP contribution >= 0.6 is 0 Å². The van der Waals surface area contributed by atoms with Crippen LogP contribution in [0.25, 0.3) is 27.6 Å². The second kappa shape index (κ2) is 19.1. The van der Waals surface area contributed by atoms with E-state index in [1.54, 1.807) is 0 Å². The Morgan fingerprint density at radius 2 is 0.932 bits per heavy atom. The zero-order chi connectivity index (χ0) is 52.8. The van der Waals surface area contributed by atoms with Crippen molar-refractivity contribution < 1.29 is 21.1 Å². The average molecular weight is 1160 g/mol. The number of benzene rings is 6. The fraction of sp³-hybridized carbons (Fsp3) is 0.362. The predicted molar refractivity (Wildman–Crippen MR) is 311 cm³/mol. The van der Waals surface area contributed by atoms with Gasteiger partial charge < -0.3 is 14.4 Å². The van der Waals surface area contributed by atoms with Gasteiger partial charge in [-0.15, -0.1) is 23.8 Å². The first-order valence-corrected chi connectivity index (χ1v) is 26.5. The van der Waals surface area contributed by atoms with Crippen LogP contribution < -0.4 is 9.80 Å². The Bertz CT molecular complexity index is 3310. The van der Waals surface area contributed by atoms with Crippen LogP contribution in [0.1, 0.15) is 169 Å². The number of allylic oxidation sites excluding steroid dienone is 2. The van der Waals surface area contributed by atoms with Crippen LogP contribution in [-0.2, 0) is 48.1 Å². The molecule has 4 nitrogen and oxygen atoms in total. The van der Waals surface area contributed by atoms with E-state index in [-0.39, 0.29) is 53.6 Å². The van der Waals surface area contributed by atoms with Gasteiger partial charge in [0.15, 0.2) is 0 Å². The van der Waals surface area contributed by atoms with Crippen LogP contribution in [0.15, 0.2) is 157 Å². The van der Waals surface area contributed by atoms with Crippen LogP contribution in [-0.4, -0.2) is 9.55 Å². The van der Waals surface area contributed by atoms with Gasteiger partial charge in [0.1, 0.15) is 5.82 Å². The number of anilines is 2. The van der Waals surface area contributed by atoms with Gasteiger partial charge in [-0.25, -0.2) is 4.98 Å². The molecule has 8 aromatic rings. The number of hydrogen-bond acceptors (Lipinski definition) is 3. The zero-order valence-corrected chi connectivity index (χ0v) is 49.8. The van der Waals surface area contributed by atoms with Crippen molar-refractivity contribution in [1.29, 1.82) is 0 Å². The van der Waals surface area contributed by atoms with Crippen molar-refractivity contribution in [3.8, 4) is 5.82 Å². The summed E-state index contributed by atoms with van der Waals surface area (Å²) in [5.74, 6) is 0.906. The summed E-state index contributed by atoms with van der Waals surface area (Å²) in [6.45, 7) is 44.5. The van der Waals surface area contributed by atoms with Gasteiger partial charge in [-0.2, -0.15) is 47.0 Å². The van der Waals surface area contributed by atoms with Crippen LogP contribution in [0.3, 0.4) is 0 Å². The molecule has 6 aromatic carbocycles. The van der Waals surface area contributed by atoms with Gasteiger partial charge in [0.25, 0.3) is 0 Å². The zero-order valence-electron chi connectivity index (χ0n) is 47.5. The fourth-order valence-electron chi connectivity index (χ4n) is 10.9. The van der Waals surface area contributed by atoms with E-state index in [1.807, 2.05) is 6.20 Å². The van der Waals surface area contributed by atoms with Crippen molar-refractivity contribution in [2.24, 2.45) is 10.8 Å². The molecule has 0 fully saturated rings. The van der Waals surface area contributed by atoms with Crippen molar-refractivity contribution in [2.45, 2.75) is 152 Å². The maximum Gasteiger partial charge on any atom is 0.135 e. The average Bonchev–Trinajstić information content (AvgIpc) is 3.92. The first kappa shape index (κ1) is 54.6. The summed E-state index contributed by atoms with van der Waals surface area (Å²) in [6.07, 6.45) is 1.95. The predicted octanol–water partition coefficient (Wildman–Crippen LogP) is 18.1.